The fourth-order valence-electron chi connectivity index (χ4n) is 2.99. The summed E-state index contributed by atoms with van der Waals surface area (Å²) in [6.45, 7) is 6.05. The second-order valence-electron chi connectivity index (χ2n) is 6.83. The summed E-state index contributed by atoms with van der Waals surface area (Å²) in [5.74, 6) is 0.599. The second kappa shape index (κ2) is 8.54. The number of carbonyl (C=O) groups excluding carboxylic acids is 1. The molecule has 0 saturated heterocycles. The lowest BCUT2D eigenvalue weighted by Crippen LogP contribution is -2.31. The van der Waals surface area contributed by atoms with E-state index in [-0.39, 0.29) is 18.6 Å². The lowest BCUT2D eigenvalue weighted by atomic mass is 10.0. The Morgan fingerprint density at radius 3 is 2.26 bits per heavy atom. The molecule has 0 spiro atoms. The summed E-state index contributed by atoms with van der Waals surface area (Å²) < 4.78 is 5.73. The minimum atomic E-state index is -0.131. The lowest BCUT2D eigenvalue weighted by Gasteiger charge is -2.15. The molecule has 1 N–H and O–H groups in total. The van der Waals surface area contributed by atoms with Crippen LogP contribution in [0.3, 0.4) is 0 Å². The van der Waals surface area contributed by atoms with Gasteiger partial charge in [-0.3, -0.25) is 4.79 Å². The highest BCUT2D eigenvalue weighted by Gasteiger charge is 2.11. The number of ether oxygens (including phenoxy) is 1. The van der Waals surface area contributed by atoms with Gasteiger partial charge in [-0.2, -0.15) is 0 Å². The van der Waals surface area contributed by atoms with Crippen molar-refractivity contribution < 1.29 is 9.53 Å². The quantitative estimate of drug-likeness (QED) is 0.655. The predicted octanol–water partition coefficient (Wildman–Crippen LogP) is 5.23. The van der Waals surface area contributed by atoms with Crippen molar-refractivity contribution in [3.63, 3.8) is 0 Å². The SMILES string of the molecule is Cc1ccc(-c2ccc(OCC(=O)N[C@H](C)c3ccccc3)c(C)c2)cc1. The highest BCUT2D eigenvalue weighted by Crippen LogP contribution is 2.26. The predicted molar refractivity (Wildman–Crippen MR) is 110 cm³/mol. The summed E-state index contributed by atoms with van der Waals surface area (Å²) in [6.07, 6.45) is 0. The van der Waals surface area contributed by atoms with Gasteiger partial charge in [-0.25, -0.2) is 0 Å². The van der Waals surface area contributed by atoms with E-state index in [9.17, 15) is 4.79 Å². The van der Waals surface area contributed by atoms with E-state index in [4.69, 9.17) is 4.74 Å². The van der Waals surface area contributed by atoms with Gasteiger partial charge in [-0.1, -0.05) is 66.2 Å². The third-order valence-electron chi connectivity index (χ3n) is 4.60. The number of hydrogen-bond acceptors (Lipinski definition) is 2. The topological polar surface area (TPSA) is 38.3 Å². The van der Waals surface area contributed by atoms with E-state index >= 15 is 0 Å². The van der Waals surface area contributed by atoms with E-state index in [1.807, 2.05) is 56.3 Å². The standard InChI is InChI=1S/C24H25NO2/c1-17-9-11-21(12-10-17)22-13-14-23(18(2)15-22)27-16-24(26)25-19(3)20-7-5-4-6-8-20/h4-15,19H,16H2,1-3H3,(H,25,26)/t19-/m1/s1. The number of nitrogens with one attached hydrogen (secondary N) is 1. The molecule has 138 valence electrons. The minimum absolute atomic E-state index is 0.00188. The summed E-state index contributed by atoms with van der Waals surface area (Å²) in [5.41, 5.74) is 5.64. The zero-order valence-electron chi connectivity index (χ0n) is 16.0. The molecule has 0 aromatic heterocycles. The average molecular weight is 359 g/mol. The highest BCUT2D eigenvalue weighted by atomic mass is 16.5. The maximum atomic E-state index is 12.2. The normalized spacial score (nSPS) is 11.7. The van der Waals surface area contributed by atoms with Crippen LogP contribution in [0, 0.1) is 13.8 Å². The van der Waals surface area contributed by atoms with Crippen molar-refractivity contribution >= 4 is 5.91 Å². The molecule has 3 aromatic rings. The summed E-state index contributed by atoms with van der Waals surface area (Å²) >= 11 is 0. The maximum absolute atomic E-state index is 12.2. The van der Waals surface area contributed by atoms with Crippen LogP contribution in [0.15, 0.2) is 72.8 Å². The molecule has 3 nitrogen and oxygen atoms in total. The van der Waals surface area contributed by atoms with E-state index in [1.165, 1.54) is 11.1 Å². The van der Waals surface area contributed by atoms with Crippen LogP contribution in [-0.4, -0.2) is 12.5 Å². The number of benzene rings is 3. The minimum Gasteiger partial charge on any atom is -0.484 e. The van der Waals surface area contributed by atoms with Gasteiger partial charge in [0.25, 0.3) is 5.91 Å². The van der Waals surface area contributed by atoms with Gasteiger partial charge in [0.15, 0.2) is 6.61 Å². The second-order valence-corrected chi connectivity index (χ2v) is 6.83. The largest absolute Gasteiger partial charge is 0.484 e. The third kappa shape index (κ3) is 4.98. The maximum Gasteiger partial charge on any atom is 0.258 e. The summed E-state index contributed by atoms with van der Waals surface area (Å²) in [4.78, 5) is 12.2. The van der Waals surface area contributed by atoms with Gasteiger partial charge in [-0.05, 0) is 55.2 Å². The van der Waals surface area contributed by atoms with Gasteiger partial charge in [0.2, 0.25) is 0 Å². The fraction of sp³-hybridized carbons (Fsp3) is 0.208. The Kier molecular flexibility index (Phi) is 5.92. The van der Waals surface area contributed by atoms with Crippen LogP contribution in [0.1, 0.15) is 29.7 Å². The zero-order chi connectivity index (χ0) is 19.2. The summed E-state index contributed by atoms with van der Waals surface area (Å²) in [6, 6.07) is 24.3. The molecule has 0 aliphatic carbocycles. The number of amides is 1. The molecule has 1 atom stereocenters. The van der Waals surface area contributed by atoms with E-state index in [1.54, 1.807) is 0 Å². The van der Waals surface area contributed by atoms with Crippen LogP contribution < -0.4 is 10.1 Å². The zero-order valence-corrected chi connectivity index (χ0v) is 16.0. The first-order valence-electron chi connectivity index (χ1n) is 9.18. The Labute approximate surface area is 161 Å². The molecule has 0 radical (unpaired) electrons. The van der Waals surface area contributed by atoms with Crippen molar-refractivity contribution in [3.05, 3.63) is 89.5 Å². The van der Waals surface area contributed by atoms with Crippen molar-refractivity contribution in [2.45, 2.75) is 26.8 Å². The molecule has 0 saturated carbocycles. The van der Waals surface area contributed by atoms with Crippen molar-refractivity contribution in [2.75, 3.05) is 6.61 Å². The smallest absolute Gasteiger partial charge is 0.258 e. The Bertz CT molecular complexity index is 901. The number of hydrogen-bond donors (Lipinski definition) is 1. The molecular weight excluding hydrogens is 334 g/mol. The molecule has 3 aromatic carbocycles. The van der Waals surface area contributed by atoms with Crippen molar-refractivity contribution in [3.8, 4) is 16.9 Å². The molecule has 1 amide bonds. The average Bonchev–Trinajstić information content (AvgIpc) is 2.68. The molecule has 3 rings (SSSR count). The molecule has 0 fully saturated rings. The monoisotopic (exact) mass is 359 g/mol. The van der Waals surface area contributed by atoms with Crippen LogP contribution in [0.25, 0.3) is 11.1 Å². The first-order valence-corrected chi connectivity index (χ1v) is 9.18. The molecule has 0 bridgehead atoms. The molecule has 0 unspecified atom stereocenters. The van der Waals surface area contributed by atoms with Gasteiger partial charge in [0.05, 0.1) is 6.04 Å². The Morgan fingerprint density at radius 1 is 0.926 bits per heavy atom. The van der Waals surface area contributed by atoms with E-state index in [2.05, 4.69) is 42.6 Å². The molecule has 0 aliphatic rings. The van der Waals surface area contributed by atoms with Crippen LogP contribution in [0.2, 0.25) is 0 Å². The first-order chi connectivity index (χ1) is 13.0. The third-order valence-corrected chi connectivity index (χ3v) is 4.60. The number of carbonyl (C=O) groups is 1. The van der Waals surface area contributed by atoms with Crippen molar-refractivity contribution in [1.29, 1.82) is 0 Å². The van der Waals surface area contributed by atoms with Gasteiger partial charge in [0.1, 0.15) is 5.75 Å². The van der Waals surface area contributed by atoms with Crippen LogP contribution in [-0.2, 0) is 4.79 Å². The van der Waals surface area contributed by atoms with E-state index in [0.717, 1.165) is 22.4 Å². The Morgan fingerprint density at radius 2 is 1.59 bits per heavy atom. The lowest BCUT2D eigenvalue weighted by molar-refractivity contribution is -0.123. The summed E-state index contributed by atoms with van der Waals surface area (Å²) in [5, 5.41) is 2.96. The van der Waals surface area contributed by atoms with Crippen LogP contribution >= 0.6 is 0 Å². The number of rotatable bonds is 6. The van der Waals surface area contributed by atoms with Gasteiger partial charge >= 0.3 is 0 Å². The Balaban J connectivity index is 1.59. The van der Waals surface area contributed by atoms with Gasteiger partial charge < -0.3 is 10.1 Å². The Hall–Kier alpha value is -3.07. The van der Waals surface area contributed by atoms with E-state index in [0.29, 0.717) is 0 Å². The van der Waals surface area contributed by atoms with Crippen LogP contribution in [0.5, 0.6) is 5.75 Å². The highest BCUT2D eigenvalue weighted by molar-refractivity contribution is 5.78. The van der Waals surface area contributed by atoms with Crippen molar-refractivity contribution in [2.24, 2.45) is 0 Å². The van der Waals surface area contributed by atoms with Gasteiger partial charge in [0, 0.05) is 0 Å². The molecule has 0 aliphatic heterocycles. The first kappa shape index (κ1) is 18.7. The fourth-order valence-corrected chi connectivity index (χ4v) is 2.99. The van der Waals surface area contributed by atoms with Crippen molar-refractivity contribution in [1.82, 2.24) is 5.32 Å². The summed E-state index contributed by atoms with van der Waals surface area (Å²) in [7, 11) is 0. The van der Waals surface area contributed by atoms with E-state index < -0.39 is 0 Å². The molecule has 3 heteroatoms. The molecular formula is C24H25NO2. The number of aryl methyl sites for hydroxylation is 2. The van der Waals surface area contributed by atoms with Gasteiger partial charge in [-0.15, -0.1) is 0 Å². The molecule has 27 heavy (non-hydrogen) atoms. The molecule has 0 heterocycles. The van der Waals surface area contributed by atoms with Crippen LogP contribution in [0.4, 0.5) is 0 Å².